The molecule has 1 aromatic carbocycles. The highest BCUT2D eigenvalue weighted by Gasteiger charge is 2.07. The van der Waals surface area contributed by atoms with Crippen LogP contribution in [0.2, 0.25) is 0 Å². The summed E-state index contributed by atoms with van der Waals surface area (Å²) in [5.41, 5.74) is 6.09. The molecule has 2 aromatic rings. The Hall–Kier alpha value is -2.63. The number of rotatable bonds is 3. The van der Waals surface area contributed by atoms with Crippen molar-refractivity contribution in [2.24, 2.45) is 0 Å². The third kappa shape index (κ3) is 3.03. The molecule has 0 aliphatic carbocycles. The summed E-state index contributed by atoms with van der Waals surface area (Å²) >= 11 is 0. The quantitative estimate of drug-likeness (QED) is 0.834. The van der Waals surface area contributed by atoms with Crippen LogP contribution in [0, 0.1) is 12.7 Å². The van der Waals surface area contributed by atoms with Crippen LogP contribution in [0.3, 0.4) is 0 Å². The summed E-state index contributed by atoms with van der Waals surface area (Å²) in [4.78, 5) is 23.6. The molecule has 0 saturated carbocycles. The Labute approximate surface area is 114 Å². The van der Waals surface area contributed by atoms with E-state index in [0.29, 0.717) is 11.3 Å². The van der Waals surface area contributed by atoms with Gasteiger partial charge in [0.25, 0.3) is 5.56 Å². The molecule has 1 amide bonds. The lowest BCUT2D eigenvalue weighted by atomic mass is 10.2. The Morgan fingerprint density at radius 2 is 2.15 bits per heavy atom. The number of carbonyl (C=O) groups is 1. The van der Waals surface area contributed by atoms with Crippen LogP contribution in [0.25, 0.3) is 0 Å². The molecule has 5 nitrogen and oxygen atoms in total. The van der Waals surface area contributed by atoms with E-state index in [2.05, 4.69) is 5.32 Å². The summed E-state index contributed by atoms with van der Waals surface area (Å²) in [6, 6.07) is 7.27. The van der Waals surface area contributed by atoms with Gasteiger partial charge < -0.3 is 15.6 Å². The van der Waals surface area contributed by atoms with Crippen molar-refractivity contribution in [3.05, 3.63) is 58.3 Å². The van der Waals surface area contributed by atoms with E-state index in [1.807, 2.05) is 0 Å². The highest BCUT2D eigenvalue weighted by atomic mass is 19.1. The first-order valence-corrected chi connectivity index (χ1v) is 5.98. The predicted molar refractivity (Wildman–Crippen MR) is 74.9 cm³/mol. The van der Waals surface area contributed by atoms with Crippen LogP contribution >= 0.6 is 0 Å². The first-order valence-electron chi connectivity index (χ1n) is 5.98. The fraction of sp³-hybridized carbons (Fsp3) is 0.143. The number of nitrogen functional groups attached to an aromatic ring is 1. The Morgan fingerprint density at radius 1 is 1.40 bits per heavy atom. The van der Waals surface area contributed by atoms with Crippen LogP contribution in [0.15, 0.2) is 41.3 Å². The van der Waals surface area contributed by atoms with Crippen LogP contribution < -0.4 is 16.6 Å². The summed E-state index contributed by atoms with van der Waals surface area (Å²) in [6.45, 7) is 1.56. The molecule has 0 fully saturated rings. The van der Waals surface area contributed by atoms with Crippen LogP contribution in [-0.4, -0.2) is 10.5 Å². The molecule has 2 rings (SSSR count). The van der Waals surface area contributed by atoms with Gasteiger partial charge in [-0.1, -0.05) is 6.07 Å². The fourth-order valence-electron chi connectivity index (χ4n) is 1.76. The predicted octanol–water partition coefficient (Wildman–Crippen LogP) is 1.52. The van der Waals surface area contributed by atoms with Crippen LogP contribution in [0.1, 0.15) is 5.56 Å². The summed E-state index contributed by atoms with van der Waals surface area (Å²) in [6.07, 6.45) is 1.54. The first-order chi connectivity index (χ1) is 9.47. The molecule has 20 heavy (non-hydrogen) atoms. The van der Waals surface area contributed by atoms with Crippen molar-refractivity contribution in [3.8, 4) is 0 Å². The minimum Gasteiger partial charge on any atom is -0.396 e. The monoisotopic (exact) mass is 275 g/mol. The van der Waals surface area contributed by atoms with Gasteiger partial charge in [0, 0.05) is 17.4 Å². The second-order valence-corrected chi connectivity index (χ2v) is 4.41. The number of benzene rings is 1. The number of amides is 1. The van der Waals surface area contributed by atoms with E-state index in [4.69, 9.17) is 5.73 Å². The summed E-state index contributed by atoms with van der Waals surface area (Å²) in [5, 5.41) is 2.56. The number of nitrogens with one attached hydrogen (secondary N) is 1. The zero-order valence-electron chi connectivity index (χ0n) is 10.9. The first kappa shape index (κ1) is 13.8. The molecule has 1 aromatic heterocycles. The Bertz CT molecular complexity index is 710. The van der Waals surface area contributed by atoms with Crippen LogP contribution in [0.4, 0.5) is 15.8 Å². The largest absolute Gasteiger partial charge is 0.396 e. The molecule has 0 aliphatic rings. The lowest BCUT2D eigenvalue weighted by Gasteiger charge is -2.08. The van der Waals surface area contributed by atoms with E-state index >= 15 is 0 Å². The molecule has 0 unspecified atom stereocenters. The van der Waals surface area contributed by atoms with Gasteiger partial charge in [0.05, 0.1) is 5.69 Å². The van der Waals surface area contributed by atoms with Crippen LogP contribution in [-0.2, 0) is 11.3 Å². The van der Waals surface area contributed by atoms with Gasteiger partial charge in [-0.15, -0.1) is 0 Å². The molecule has 0 radical (unpaired) electrons. The number of nitrogens with two attached hydrogens (primary N) is 1. The average molecular weight is 275 g/mol. The fourth-order valence-corrected chi connectivity index (χ4v) is 1.76. The maximum absolute atomic E-state index is 13.0. The van der Waals surface area contributed by atoms with Gasteiger partial charge in [-0.05, 0) is 31.2 Å². The van der Waals surface area contributed by atoms with Gasteiger partial charge in [0.2, 0.25) is 5.91 Å². The highest BCUT2D eigenvalue weighted by Crippen LogP contribution is 2.16. The Morgan fingerprint density at radius 3 is 2.85 bits per heavy atom. The minimum atomic E-state index is -0.544. The lowest BCUT2D eigenvalue weighted by Crippen LogP contribution is -2.28. The second-order valence-electron chi connectivity index (χ2n) is 4.41. The third-order valence-corrected chi connectivity index (χ3v) is 2.80. The number of halogens is 1. The number of anilines is 2. The lowest BCUT2D eigenvalue weighted by molar-refractivity contribution is -0.116. The number of nitrogens with zero attached hydrogens (tertiary/aromatic N) is 1. The van der Waals surface area contributed by atoms with Crippen molar-refractivity contribution in [2.75, 3.05) is 11.1 Å². The van der Waals surface area contributed by atoms with Gasteiger partial charge in [0.1, 0.15) is 12.4 Å². The number of aryl methyl sites for hydroxylation is 1. The van der Waals surface area contributed by atoms with Gasteiger partial charge in [-0.25, -0.2) is 4.39 Å². The summed E-state index contributed by atoms with van der Waals surface area (Å²) in [7, 11) is 0. The third-order valence-electron chi connectivity index (χ3n) is 2.80. The van der Waals surface area contributed by atoms with Crippen molar-refractivity contribution in [3.63, 3.8) is 0 Å². The highest BCUT2D eigenvalue weighted by molar-refractivity contribution is 5.91. The molecule has 1 heterocycles. The van der Waals surface area contributed by atoms with E-state index in [1.165, 1.54) is 29.0 Å². The van der Waals surface area contributed by atoms with E-state index in [-0.39, 0.29) is 23.7 Å². The van der Waals surface area contributed by atoms with Crippen molar-refractivity contribution >= 4 is 17.3 Å². The molecule has 0 atom stereocenters. The molecule has 0 bridgehead atoms. The number of hydrogen-bond acceptors (Lipinski definition) is 3. The Kier molecular flexibility index (Phi) is 3.84. The van der Waals surface area contributed by atoms with E-state index in [9.17, 15) is 14.0 Å². The Balaban J connectivity index is 2.11. The molecule has 0 saturated heterocycles. The van der Waals surface area contributed by atoms with E-state index in [1.54, 1.807) is 19.1 Å². The molecular weight excluding hydrogens is 261 g/mol. The average Bonchev–Trinajstić information content (AvgIpc) is 2.39. The van der Waals surface area contributed by atoms with Gasteiger partial charge >= 0.3 is 0 Å². The molecule has 0 spiro atoms. The maximum atomic E-state index is 13.0. The number of pyridine rings is 1. The summed E-state index contributed by atoms with van der Waals surface area (Å²) in [5.74, 6) is -0.929. The molecule has 0 aliphatic heterocycles. The van der Waals surface area contributed by atoms with Gasteiger partial charge in [-0.3, -0.25) is 9.59 Å². The van der Waals surface area contributed by atoms with Gasteiger partial charge in [0.15, 0.2) is 0 Å². The summed E-state index contributed by atoms with van der Waals surface area (Å²) < 4.78 is 14.3. The van der Waals surface area contributed by atoms with Crippen molar-refractivity contribution < 1.29 is 9.18 Å². The zero-order valence-corrected chi connectivity index (χ0v) is 10.9. The van der Waals surface area contributed by atoms with Crippen LogP contribution in [0.5, 0.6) is 0 Å². The minimum absolute atomic E-state index is 0.0458. The normalized spacial score (nSPS) is 10.3. The molecule has 3 N–H and O–H groups in total. The smallest absolute Gasteiger partial charge is 0.253 e. The van der Waals surface area contributed by atoms with Crippen molar-refractivity contribution in [1.82, 2.24) is 4.57 Å². The van der Waals surface area contributed by atoms with Crippen molar-refractivity contribution in [2.45, 2.75) is 13.5 Å². The molecule has 104 valence electrons. The zero-order chi connectivity index (χ0) is 14.7. The topological polar surface area (TPSA) is 77.1 Å². The van der Waals surface area contributed by atoms with E-state index < -0.39 is 5.82 Å². The van der Waals surface area contributed by atoms with Crippen molar-refractivity contribution in [1.29, 1.82) is 0 Å². The SMILES string of the molecule is Cc1cccn(CC(=O)Nc2ccc(F)c(N)c2)c1=O. The van der Waals surface area contributed by atoms with E-state index in [0.717, 1.165) is 0 Å². The molecular formula is C14H14FN3O2. The van der Waals surface area contributed by atoms with Gasteiger partial charge in [-0.2, -0.15) is 0 Å². The second kappa shape index (κ2) is 5.56. The molecule has 6 heteroatoms. The maximum Gasteiger partial charge on any atom is 0.253 e. The number of aromatic nitrogens is 1. The standard InChI is InChI=1S/C14H14FN3O2/c1-9-3-2-6-18(14(9)20)8-13(19)17-10-4-5-11(15)12(16)7-10/h2-7H,8,16H2,1H3,(H,17,19). The number of hydrogen-bond donors (Lipinski definition) is 2. The number of carbonyl (C=O) groups excluding carboxylic acids is 1.